The van der Waals surface area contributed by atoms with Gasteiger partial charge in [-0.15, -0.1) is 11.3 Å². The summed E-state index contributed by atoms with van der Waals surface area (Å²) in [6.07, 6.45) is 2.31. The van der Waals surface area contributed by atoms with Gasteiger partial charge in [0.2, 0.25) is 11.8 Å². The fourth-order valence-corrected chi connectivity index (χ4v) is 4.27. The fraction of sp³-hybridized carbons (Fsp3) is 0.280. The van der Waals surface area contributed by atoms with Crippen LogP contribution in [0, 0.1) is 0 Å². The lowest BCUT2D eigenvalue weighted by Crippen LogP contribution is -2.44. The molecule has 0 N–H and O–H groups in total. The van der Waals surface area contributed by atoms with E-state index in [0.717, 1.165) is 28.8 Å². The molecule has 2 amide bonds. The van der Waals surface area contributed by atoms with E-state index in [1.165, 1.54) is 0 Å². The number of hydrogen-bond donors (Lipinski definition) is 0. The van der Waals surface area contributed by atoms with E-state index in [2.05, 4.69) is 6.07 Å². The summed E-state index contributed by atoms with van der Waals surface area (Å²) in [4.78, 5) is 31.1. The molecule has 3 aromatic rings. The van der Waals surface area contributed by atoms with Crippen LogP contribution in [0.3, 0.4) is 0 Å². The standard InChI is InChI=1S/C25H26N2O2S/c28-24(16-20-8-3-1-4-9-20)27(22-13-14-22)19-25(29)26(18-23-12-7-15-30-23)17-21-10-5-2-6-11-21/h1-12,15,22H,13-14,16-19H2. The summed E-state index contributed by atoms with van der Waals surface area (Å²) in [5, 5.41) is 2.03. The average molecular weight is 419 g/mol. The zero-order valence-corrected chi connectivity index (χ0v) is 17.8. The molecular formula is C25H26N2O2S. The van der Waals surface area contributed by atoms with E-state index in [9.17, 15) is 9.59 Å². The highest BCUT2D eigenvalue weighted by Gasteiger charge is 2.34. The first kappa shape index (κ1) is 20.4. The summed E-state index contributed by atoms with van der Waals surface area (Å²) in [6, 6.07) is 24.0. The lowest BCUT2D eigenvalue weighted by molar-refractivity contribution is -0.141. The Balaban J connectivity index is 1.47. The van der Waals surface area contributed by atoms with E-state index in [4.69, 9.17) is 0 Å². The molecule has 5 heteroatoms. The van der Waals surface area contributed by atoms with Crippen molar-refractivity contribution < 1.29 is 9.59 Å². The van der Waals surface area contributed by atoms with Crippen LogP contribution < -0.4 is 0 Å². The van der Waals surface area contributed by atoms with Crippen LogP contribution in [-0.2, 0) is 29.1 Å². The average Bonchev–Trinajstić information content (AvgIpc) is 3.48. The molecule has 0 bridgehead atoms. The van der Waals surface area contributed by atoms with Gasteiger partial charge in [-0.2, -0.15) is 0 Å². The Labute approximate surface area is 181 Å². The first-order valence-electron chi connectivity index (χ1n) is 10.4. The second kappa shape index (κ2) is 9.72. The van der Waals surface area contributed by atoms with Gasteiger partial charge >= 0.3 is 0 Å². The van der Waals surface area contributed by atoms with E-state index < -0.39 is 0 Å². The van der Waals surface area contributed by atoms with Crippen molar-refractivity contribution in [3.63, 3.8) is 0 Å². The maximum Gasteiger partial charge on any atom is 0.242 e. The SMILES string of the molecule is O=C(CN(C(=O)Cc1ccccc1)C1CC1)N(Cc1ccccc1)Cc1cccs1. The number of hydrogen-bond acceptors (Lipinski definition) is 3. The van der Waals surface area contributed by atoms with Gasteiger partial charge in [0.05, 0.1) is 13.0 Å². The van der Waals surface area contributed by atoms with Crippen molar-refractivity contribution >= 4 is 23.2 Å². The molecule has 0 saturated heterocycles. The number of nitrogens with zero attached hydrogens (tertiary/aromatic N) is 2. The molecule has 1 heterocycles. The molecule has 0 aliphatic heterocycles. The van der Waals surface area contributed by atoms with Crippen molar-refractivity contribution in [1.82, 2.24) is 9.80 Å². The van der Waals surface area contributed by atoms with Gasteiger partial charge in [-0.1, -0.05) is 66.7 Å². The second-order valence-electron chi connectivity index (χ2n) is 7.73. The Kier molecular flexibility index (Phi) is 6.60. The summed E-state index contributed by atoms with van der Waals surface area (Å²) >= 11 is 1.65. The first-order valence-corrected chi connectivity index (χ1v) is 11.2. The molecule has 1 fully saturated rings. The third-order valence-corrected chi connectivity index (χ3v) is 6.17. The molecule has 30 heavy (non-hydrogen) atoms. The zero-order valence-electron chi connectivity index (χ0n) is 16.9. The van der Waals surface area contributed by atoms with E-state index in [1.54, 1.807) is 16.2 Å². The van der Waals surface area contributed by atoms with Gasteiger partial charge in [0.1, 0.15) is 6.54 Å². The Morgan fingerprint density at radius 2 is 1.47 bits per heavy atom. The summed E-state index contributed by atoms with van der Waals surface area (Å²) < 4.78 is 0. The molecule has 0 radical (unpaired) electrons. The van der Waals surface area contributed by atoms with Crippen molar-refractivity contribution in [2.24, 2.45) is 0 Å². The van der Waals surface area contributed by atoms with Crippen LogP contribution in [0.15, 0.2) is 78.2 Å². The normalized spacial score (nSPS) is 13.1. The van der Waals surface area contributed by atoms with Gasteiger partial charge in [0.15, 0.2) is 0 Å². The minimum absolute atomic E-state index is 0.000523. The second-order valence-corrected chi connectivity index (χ2v) is 8.76. The summed E-state index contributed by atoms with van der Waals surface area (Å²) in [7, 11) is 0. The van der Waals surface area contributed by atoms with Crippen molar-refractivity contribution in [3.8, 4) is 0 Å². The Hall–Kier alpha value is -2.92. The van der Waals surface area contributed by atoms with Crippen LogP contribution in [0.5, 0.6) is 0 Å². The smallest absolute Gasteiger partial charge is 0.242 e. The number of amides is 2. The van der Waals surface area contributed by atoms with Gasteiger partial charge in [0, 0.05) is 17.5 Å². The fourth-order valence-electron chi connectivity index (χ4n) is 3.55. The van der Waals surface area contributed by atoms with Gasteiger partial charge in [-0.3, -0.25) is 9.59 Å². The minimum atomic E-state index is 0.000523. The summed E-state index contributed by atoms with van der Waals surface area (Å²) in [6.45, 7) is 1.26. The van der Waals surface area contributed by atoms with Crippen molar-refractivity contribution in [2.45, 2.75) is 38.4 Å². The van der Waals surface area contributed by atoms with Gasteiger partial charge < -0.3 is 9.80 Å². The van der Waals surface area contributed by atoms with Crippen molar-refractivity contribution in [3.05, 3.63) is 94.2 Å². The molecule has 1 aromatic heterocycles. The van der Waals surface area contributed by atoms with E-state index in [1.807, 2.05) is 77.0 Å². The molecule has 0 atom stereocenters. The number of carbonyl (C=O) groups excluding carboxylic acids is 2. The molecular weight excluding hydrogens is 392 g/mol. The minimum Gasteiger partial charge on any atom is -0.332 e. The lowest BCUT2D eigenvalue weighted by Gasteiger charge is -2.28. The molecule has 1 saturated carbocycles. The van der Waals surface area contributed by atoms with E-state index in [-0.39, 0.29) is 24.4 Å². The van der Waals surface area contributed by atoms with Crippen molar-refractivity contribution in [1.29, 1.82) is 0 Å². The van der Waals surface area contributed by atoms with Crippen LogP contribution in [-0.4, -0.2) is 34.2 Å². The quantitative estimate of drug-likeness (QED) is 0.513. The third kappa shape index (κ3) is 5.57. The lowest BCUT2D eigenvalue weighted by atomic mass is 10.1. The van der Waals surface area contributed by atoms with Crippen LogP contribution in [0.1, 0.15) is 28.8 Å². The maximum atomic E-state index is 13.3. The van der Waals surface area contributed by atoms with E-state index >= 15 is 0 Å². The van der Waals surface area contributed by atoms with Gasteiger partial charge in [-0.05, 0) is 35.4 Å². The van der Waals surface area contributed by atoms with Crippen molar-refractivity contribution in [2.75, 3.05) is 6.54 Å². The Morgan fingerprint density at radius 1 is 0.800 bits per heavy atom. The monoisotopic (exact) mass is 418 g/mol. The number of benzene rings is 2. The summed E-state index contributed by atoms with van der Waals surface area (Å²) in [5.41, 5.74) is 2.08. The van der Waals surface area contributed by atoms with Gasteiger partial charge in [0.25, 0.3) is 0 Å². The van der Waals surface area contributed by atoms with Crippen LogP contribution in [0.25, 0.3) is 0 Å². The molecule has 2 aromatic carbocycles. The van der Waals surface area contributed by atoms with E-state index in [0.29, 0.717) is 19.5 Å². The summed E-state index contributed by atoms with van der Waals surface area (Å²) in [5.74, 6) is 0.0356. The third-order valence-electron chi connectivity index (χ3n) is 5.31. The molecule has 1 aliphatic rings. The number of thiophene rings is 1. The van der Waals surface area contributed by atoms with Gasteiger partial charge in [-0.25, -0.2) is 0 Å². The zero-order chi connectivity index (χ0) is 20.8. The predicted molar refractivity (Wildman–Crippen MR) is 120 cm³/mol. The largest absolute Gasteiger partial charge is 0.332 e. The molecule has 0 unspecified atom stereocenters. The molecule has 1 aliphatic carbocycles. The molecule has 4 nitrogen and oxygen atoms in total. The molecule has 4 rings (SSSR count). The molecule has 154 valence electrons. The highest BCUT2D eigenvalue weighted by atomic mass is 32.1. The number of carbonyl (C=O) groups is 2. The van der Waals surface area contributed by atoms with Crippen LogP contribution in [0.2, 0.25) is 0 Å². The Morgan fingerprint density at radius 3 is 2.07 bits per heavy atom. The van der Waals surface area contributed by atoms with Crippen LogP contribution >= 0.6 is 11.3 Å². The predicted octanol–water partition coefficient (Wildman–Crippen LogP) is 4.51. The maximum absolute atomic E-state index is 13.3. The molecule has 0 spiro atoms. The number of rotatable bonds is 9. The Bertz CT molecular complexity index is 953. The highest BCUT2D eigenvalue weighted by molar-refractivity contribution is 7.09. The van der Waals surface area contributed by atoms with Crippen LogP contribution in [0.4, 0.5) is 0 Å². The first-order chi connectivity index (χ1) is 14.7. The topological polar surface area (TPSA) is 40.6 Å². The highest BCUT2D eigenvalue weighted by Crippen LogP contribution is 2.28.